The van der Waals surface area contributed by atoms with E-state index in [0.717, 1.165) is 32.2 Å². The third-order valence-electron chi connectivity index (χ3n) is 5.05. The predicted octanol–water partition coefficient (Wildman–Crippen LogP) is 1.28. The molecule has 6 heteroatoms. The van der Waals surface area contributed by atoms with Crippen LogP contribution >= 0.6 is 0 Å². The molecule has 6 nitrogen and oxygen atoms in total. The van der Waals surface area contributed by atoms with Crippen molar-refractivity contribution in [3.63, 3.8) is 0 Å². The third-order valence-corrected chi connectivity index (χ3v) is 5.05. The van der Waals surface area contributed by atoms with Crippen LogP contribution in [-0.2, 0) is 21.3 Å². The molecule has 3 unspecified atom stereocenters. The topological polar surface area (TPSA) is 56.6 Å². The van der Waals surface area contributed by atoms with E-state index >= 15 is 0 Å². The molecular formula is C16H23N3O3. The van der Waals surface area contributed by atoms with Crippen molar-refractivity contribution in [2.24, 2.45) is 13.0 Å². The molecule has 120 valence electrons. The fourth-order valence-corrected chi connectivity index (χ4v) is 3.79. The molecule has 0 N–H and O–H groups in total. The first-order valence-corrected chi connectivity index (χ1v) is 8.26. The standard InChI is InChI=1S/C16H23N3O3/c1-18-10-11(9-17-18)12-8-13(12)15(20)19-5-3-2-4-14(19)16-21-6-7-22-16/h9-10,12-14,16H,2-8H2,1H3. The van der Waals surface area contributed by atoms with Crippen molar-refractivity contribution in [1.82, 2.24) is 14.7 Å². The molecule has 0 aromatic carbocycles. The molecule has 1 aliphatic carbocycles. The minimum atomic E-state index is -0.222. The molecule has 22 heavy (non-hydrogen) atoms. The Kier molecular flexibility index (Phi) is 3.66. The van der Waals surface area contributed by atoms with Gasteiger partial charge in [0.1, 0.15) is 0 Å². The molecule has 1 amide bonds. The highest BCUT2D eigenvalue weighted by Gasteiger charge is 2.49. The SMILES string of the molecule is Cn1cc(C2CC2C(=O)N2CCCCC2C2OCCO2)cn1. The predicted molar refractivity (Wildman–Crippen MR) is 79.1 cm³/mol. The monoisotopic (exact) mass is 305 g/mol. The van der Waals surface area contributed by atoms with E-state index in [2.05, 4.69) is 5.10 Å². The summed E-state index contributed by atoms with van der Waals surface area (Å²) in [6, 6.07) is 0.0962. The number of aromatic nitrogens is 2. The number of nitrogens with zero attached hydrogens (tertiary/aromatic N) is 3. The van der Waals surface area contributed by atoms with E-state index in [9.17, 15) is 4.79 Å². The molecule has 3 aliphatic rings. The first kappa shape index (κ1) is 14.2. The number of carbonyl (C=O) groups is 1. The fourth-order valence-electron chi connectivity index (χ4n) is 3.79. The van der Waals surface area contributed by atoms with Crippen molar-refractivity contribution < 1.29 is 14.3 Å². The first-order chi connectivity index (χ1) is 10.7. The summed E-state index contributed by atoms with van der Waals surface area (Å²) in [6.07, 6.45) is 7.85. The Balaban J connectivity index is 1.44. The van der Waals surface area contributed by atoms with Gasteiger partial charge < -0.3 is 14.4 Å². The Morgan fingerprint density at radius 3 is 2.86 bits per heavy atom. The Morgan fingerprint density at radius 1 is 1.32 bits per heavy atom. The summed E-state index contributed by atoms with van der Waals surface area (Å²) in [7, 11) is 1.91. The van der Waals surface area contributed by atoms with Crippen LogP contribution in [0.3, 0.4) is 0 Å². The fraction of sp³-hybridized carbons (Fsp3) is 0.750. The Bertz CT molecular complexity index is 553. The Hall–Kier alpha value is -1.40. The number of hydrogen-bond donors (Lipinski definition) is 0. The van der Waals surface area contributed by atoms with E-state index in [-0.39, 0.29) is 24.2 Å². The average Bonchev–Trinajstić information content (AvgIpc) is 2.95. The minimum Gasteiger partial charge on any atom is -0.348 e. The van der Waals surface area contributed by atoms with Crippen LogP contribution in [0.5, 0.6) is 0 Å². The number of ether oxygens (including phenoxy) is 2. The van der Waals surface area contributed by atoms with Gasteiger partial charge in [0.2, 0.25) is 5.91 Å². The van der Waals surface area contributed by atoms with Gasteiger partial charge in [-0.15, -0.1) is 0 Å². The molecule has 3 fully saturated rings. The summed E-state index contributed by atoms with van der Waals surface area (Å²) in [5.41, 5.74) is 1.18. The lowest BCUT2D eigenvalue weighted by Gasteiger charge is -2.38. The number of rotatable bonds is 3. The van der Waals surface area contributed by atoms with Crippen LogP contribution in [0.4, 0.5) is 0 Å². The number of carbonyl (C=O) groups excluding carboxylic acids is 1. The second-order valence-electron chi connectivity index (χ2n) is 6.60. The van der Waals surface area contributed by atoms with Crippen LogP contribution in [-0.4, -0.2) is 52.7 Å². The van der Waals surface area contributed by atoms with Gasteiger partial charge in [-0.3, -0.25) is 9.48 Å². The average molecular weight is 305 g/mol. The van der Waals surface area contributed by atoms with Gasteiger partial charge in [-0.1, -0.05) is 0 Å². The lowest BCUT2D eigenvalue weighted by molar-refractivity contribution is -0.151. The second kappa shape index (κ2) is 5.66. The molecule has 2 saturated heterocycles. The van der Waals surface area contributed by atoms with Crippen LogP contribution in [0, 0.1) is 5.92 Å². The molecule has 2 aliphatic heterocycles. The van der Waals surface area contributed by atoms with Gasteiger partial charge in [0, 0.05) is 25.7 Å². The van der Waals surface area contributed by atoms with E-state index in [1.807, 2.05) is 24.3 Å². The van der Waals surface area contributed by atoms with Gasteiger partial charge in [0.15, 0.2) is 6.29 Å². The summed E-state index contributed by atoms with van der Waals surface area (Å²) < 4.78 is 13.1. The summed E-state index contributed by atoms with van der Waals surface area (Å²) in [5, 5.41) is 4.21. The maximum atomic E-state index is 12.9. The van der Waals surface area contributed by atoms with Gasteiger partial charge in [-0.2, -0.15) is 5.10 Å². The summed E-state index contributed by atoms with van der Waals surface area (Å²) in [6.45, 7) is 2.12. The quantitative estimate of drug-likeness (QED) is 0.844. The van der Waals surface area contributed by atoms with E-state index in [1.54, 1.807) is 4.68 Å². The first-order valence-electron chi connectivity index (χ1n) is 8.26. The molecule has 3 atom stereocenters. The number of aryl methyl sites for hydroxylation is 1. The van der Waals surface area contributed by atoms with Crippen LogP contribution in [0.1, 0.15) is 37.2 Å². The van der Waals surface area contributed by atoms with Crippen LogP contribution in [0.2, 0.25) is 0 Å². The van der Waals surface area contributed by atoms with E-state index in [1.165, 1.54) is 5.56 Å². The minimum absolute atomic E-state index is 0.0962. The molecule has 0 radical (unpaired) electrons. The third kappa shape index (κ3) is 2.54. The number of amides is 1. The zero-order chi connectivity index (χ0) is 15.1. The Labute approximate surface area is 130 Å². The number of likely N-dealkylation sites (tertiary alicyclic amines) is 1. The summed E-state index contributed by atoms with van der Waals surface area (Å²) in [4.78, 5) is 14.9. The zero-order valence-corrected chi connectivity index (χ0v) is 13.0. The smallest absolute Gasteiger partial charge is 0.226 e. The van der Waals surface area contributed by atoms with Gasteiger partial charge in [0.25, 0.3) is 0 Å². The zero-order valence-electron chi connectivity index (χ0n) is 13.0. The van der Waals surface area contributed by atoms with Crippen molar-refractivity contribution in [3.8, 4) is 0 Å². The van der Waals surface area contributed by atoms with Crippen molar-refractivity contribution in [3.05, 3.63) is 18.0 Å². The van der Waals surface area contributed by atoms with Gasteiger partial charge in [0.05, 0.1) is 25.5 Å². The summed E-state index contributed by atoms with van der Waals surface area (Å²) in [5.74, 6) is 0.734. The van der Waals surface area contributed by atoms with E-state index in [4.69, 9.17) is 9.47 Å². The lowest BCUT2D eigenvalue weighted by atomic mass is 10.0. The van der Waals surface area contributed by atoms with Crippen LogP contribution in [0.15, 0.2) is 12.4 Å². The maximum absolute atomic E-state index is 12.9. The normalized spacial score (nSPS) is 32.4. The molecule has 0 spiro atoms. The van der Waals surface area contributed by atoms with Crippen LogP contribution in [0.25, 0.3) is 0 Å². The maximum Gasteiger partial charge on any atom is 0.226 e. The van der Waals surface area contributed by atoms with Crippen molar-refractivity contribution in [1.29, 1.82) is 0 Å². The van der Waals surface area contributed by atoms with Crippen molar-refractivity contribution >= 4 is 5.91 Å². The number of hydrogen-bond acceptors (Lipinski definition) is 4. The molecular weight excluding hydrogens is 282 g/mol. The largest absolute Gasteiger partial charge is 0.348 e. The second-order valence-corrected chi connectivity index (χ2v) is 6.60. The van der Waals surface area contributed by atoms with Gasteiger partial charge in [-0.25, -0.2) is 0 Å². The highest BCUT2D eigenvalue weighted by molar-refractivity contribution is 5.83. The highest BCUT2D eigenvalue weighted by atomic mass is 16.7. The van der Waals surface area contributed by atoms with Gasteiger partial charge >= 0.3 is 0 Å². The molecule has 3 heterocycles. The number of piperidine rings is 1. The molecule has 4 rings (SSSR count). The molecule has 1 saturated carbocycles. The summed E-state index contributed by atoms with van der Waals surface area (Å²) >= 11 is 0. The highest BCUT2D eigenvalue weighted by Crippen LogP contribution is 2.49. The van der Waals surface area contributed by atoms with E-state index in [0.29, 0.717) is 19.1 Å². The van der Waals surface area contributed by atoms with Crippen molar-refractivity contribution in [2.75, 3.05) is 19.8 Å². The van der Waals surface area contributed by atoms with E-state index < -0.39 is 0 Å². The Morgan fingerprint density at radius 2 is 2.14 bits per heavy atom. The lowest BCUT2D eigenvalue weighted by Crippen LogP contribution is -2.50. The molecule has 0 bridgehead atoms. The molecule has 1 aromatic rings. The van der Waals surface area contributed by atoms with Gasteiger partial charge in [-0.05, 0) is 37.2 Å². The van der Waals surface area contributed by atoms with Crippen molar-refractivity contribution in [2.45, 2.75) is 43.9 Å². The molecule has 1 aromatic heterocycles. The van der Waals surface area contributed by atoms with Crippen LogP contribution < -0.4 is 0 Å².